The van der Waals surface area contributed by atoms with Crippen molar-refractivity contribution in [2.24, 2.45) is 5.73 Å². The highest BCUT2D eigenvalue weighted by Crippen LogP contribution is 2.25. The Morgan fingerprint density at radius 1 is 1.17 bits per heavy atom. The first-order valence-corrected chi connectivity index (χ1v) is 5.84. The minimum Gasteiger partial charge on any atom is -0.497 e. The Morgan fingerprint density at radius 2 is 1.89 bits per heavy atom. The van der Waals surface area contributed by atoms with E-state index in [1.807, 2.05) is 24.3 Å². The van der Waals surface area contributed by atoms with Crippen LogP contribution in [0.25, 0.3) is 0 Å². The maximum atomic E-state index is 13.4. The van der Waals surface area contributed by atoms with Gasteiger partial charge >= 0.3 is 0 Å². The zero-order valence-electron chi connectivity index (χ0n) is 9.86. The maximum absolute atomic E-state index is 13.4. The van der Waals surface area contributed by atoms with Crippen molar-refractivity contribution in [3.05, 3.63) is 64.4 Å². The Kier molecular flexibility index (Phi) is 3.84. The predicted octanol–water partition coefficient (Wildman–Crippen LogP) is 3.54. The fourth-order valence-electron chi connectivity index (χ4n) is 1.73. The fraction of sp³-hybridized carbons (Fsp3) is 0.143. The van der Waals surface area contributed by atoms with Gasteiger partial charge in [0.2, 0.25) is 0 Å². The van der Waals surface area contributed by atoms with Gasteiger partial charge in [-0.15, -0.1) is 0 Å². The molecular weight excluding hydrogens is 253 g/mol. The molecule has 0 aliphatic heterocycles. The van der Waals surface area contributed by atoms with E-state index in [0.29, 0.717) is 5.56 Å². The summed E-state index contributed by atoms with van der Waals surface area (Å²) >= 11 is 5.64. The Morgan fingerprint density at radius 3 is 2.56 bits per heavy atom. The van der Waals surface area contributed by atoms with Gasteiger partial charge in [-0.05, 0) is 35.4 Å². The Hall–Kier alpha value is -1.58. The standard InChI is InChI=1S/C14H13ClFNO/c1-18-11-4-2-3-9(7-11)14(17)10-5-6-12(15)13(16)8-10/h2-8,14H,17H2,1H3. The molecule has 18 heavy (non-hydrogen) atoms. The highest BCUT2D eigenvalue weighted by Gasteiger charge is 2.11. The lowest BCUT2D eigenvalue weighted by atomic mass is 9.99. The van der Waals surface area contributed by atoms with Crippen molar-refractivity contribution in [1.29, 1.82) is 0 Å². The molecule has 0 saturated carbocycles. The lowest BCUT2D eigenvalue weighted by Gasteiger charge is -2.14. The number of nitrogens with two attached hydrogens (primary N) is 1. The van der Waals surface area contributed by atoms with Gasteiger partial charge in [0.1, 0.15) is 11.6 Å². The molecule has 0 radical (unpaired) electrons. The smallest absolute Gasteiger partial charge is 0.142 e. The van der Waals surface area contributed by atoms with E-state index in [-0.39, 0.29) is 5.02 Å². The zero-order valence-corrected chi connectivity index (χ0v) is 10.6. The summed E-state index contributed by atoms with van der Waals surface area (Å²) in [6.45, 7) is 0. The number of benzene rings is 2. The molecule has 0 aliphatic rings. The number of rotatable bonds is 3. The zero-order chi connectivity index (χ0) is 13.1. The molecule has 1 atom stereocenters. The number of methoxy groups -OCH3 is 1. The van der Waals surface area contributed by atoms with Crippen LogP contribution in [0.4, 0.5) is 4.39 Å². The van der Waals surface area contributed by atoms with Gasteiger partial charge in [0.05, 0.1) is 18.2 Å². The molecule has 0 aromatic heterocycles. The van der Waals surface area contributed by atoms with E-state index in [1.165, 1.54) is 12.1 Å². The van der Waals surface area contributed by atoms with Crippen molar-refractivity contribution >= 4 is 11.6 Å². The van der Waals surface area contributed by atoms with Crippen LogP contribution in [-0.4, -0.2) is 7.11 Å². The minimum atomic E-state index is -0.465. The predicted molar refractivity (Wildman–Crippen MR) is 70.4 cm³/mol. The molecule has 0 fully saturated rings. The maximum Gasteiger partial charge on any atom is 0.142 e. The molecule has 2 aromatic carbocycles. The van der Waals surface area contributed by atoms with Crippen molar-refractivity contribution in [3.8, 4) is 5.75 Å². The van der Waals surface area contributed by atoms with Crippen LogP contribution in [0.15, 0.2) is 42.5 Å². The van der Waals surface area contributed by atoms with Crippen LogP contribution in [0.3, 0.4) is 0 Å². The second-order valence-electron chi connectivity index (χ2n) is 3.93. The highest BCUT2D eigenvalue weighted by atomic mass is 35.5. The third-order valence-electron chi connectivity index (χ3n) is 2.76. The van der Waals surface area contributed by atoms with E-state index in [2.05, 4.69) is 0 Å². The lowest BCUT2D eigenvalue weighted by Crippen LogP contribution is -2.12. The van der Waals surface area contributed by atoms with Crippen LogP contribution in [0, 0.1) is 5.82 Å². The van der Waals surface area contributed by atoms with Gasteiger partial charge in [0, 0.05) is 0 Å². The monoisotopic (exact) mass is 265 g/mol. The topological polar surface area (TPSA) is 35.2 Å². The molecule has 2 N–H and O–H groups in total. The van der Waals surface area contributed by atoms with Gasteiger partial charge in [0.25, 0.3) is 0 Å². The van der Waals surface area contributed by atoms with Crippen LogP contribution in [-0.2, 0) is 0 Å². The first-order valence-electron chi connectivity index (χ1n) is 5.46. The van der Waals surface area contributed by atoms with Crippen LogP contribution in [0.1, 0.15) is 17.2 Å². The van der Waals surface area contributed by atoms with Crippen LogP contribution in [0.5, 0.6) is 5.75 Å². The van der Waals surface area contributed by atoms with Gasteiger partial charge in [-0.1, -0.05) is 29.8 Å². The SMILES string of the molecule is COc1cccc(C(N)c2ccc(Cl)c(F)c2)c1. The molecule has 0 spiro atoms. The van der Waals surface area contributed by atoms with Crippen molar-refractivity contribution in [3.63, 3.8) is 0 Å². The number of hydrogen-bond donors (Lipinski definition) is 1. The Labute approximate surface area is 110 Å². The van der Waals surface area contributed by atoms with Crippen molar-refractivity contribution in [2.45, 2.75) is 6.04 Å². The quantitative estimate of drug-likeness (QED) is 0.921. The molecule has 2 aromatic rings. The van der Waals surface area contributed by atoms with Crippen LogP contribution < -0.4 is 10.5 Å². The molecule has 4 heteroatoms. The van der Waals surface area contributed by atoms with Crippen molar-refractivity contribution < 1.29 is 9.13 Å². The van der Waals surface area contributed by atoms with E-state index in [4.69, 9.17) is 22.1 Å². The van der Waals surface area contributed by atoms with E-state index in [1.54, 1.807) is 13.2 Å². The van der Waals surface area contributed by atoms with E-state index in [9.17, 15) is 4.39 Å². The highest BCUT2D eigenvalue weighted by molar-refractivity contribution is 6.30. The largest absolute Gasteiger partial charge is 0.497 e. The average Bonchev–Trinajstić information content (AvgIpc) is 2.41. The molecule has 0 aliphatic carbocycles. The molecule has 94 valence electrons. The fourth-order valence-corrected chi connectivity index (χ4v) is 1.85. The Balaban J connectivity index is 2.34. The van der Waals surface area contributed by atoms with Gasteiger partial charge in [0.15, 0.2) is 0 Å². The van der Waals surface area contributed by atoms with Crippen LogP contribution in [0.2, 0.25) is 5.02 Å². The summed E-state index contributed by atoms with van der Waals surface area (Å²) in [6.07, 6.45) is 0. The minimum absolute atomic E-state index is 0.0941. The number of halogens is 2. The summed E-state index contributed by atoms with van der Waals surface area (Å²) in [7, 11) is 1.59. The number of ether oxygens (including phenoxy) is 1. The number of hydrogen-bond acceptors (Lipinski definition) is 2. The first kappa shape index (κ1) is 12.9. The molecular formula is C14H13ClFNO. The molecule has 0 saturated heterocycles. The molecule has 1 unspecified atom stereocenters. The molecule has 2 rings (SSSR count). The normalized spacial score (nSPS) is 12.2. The van der Waals surface area contributed by atoms with Gasteiger partial charge in [-0.2, -0.15) is 0 Å². The summed E-state index contributed by atoms with van der Waals surface area (Å²) in [5.41, 5.74) is 7.62. The summed E-state index contributed by atoms with van der Waals surface area (Å²) in [5, 5.41) is 0.0941. The average molecular weight is 266 g/mol. The molecule has 2 nitrogen and oxygen atoms in total. The van der Waals surface area contributed by atoms with Crippen molar-refractivity contribution in [2.75, 3.05) is 7.11 Å². The van der Waals surface area contributed by atoms with Crippen molar-refractivity contribution in [1.82, 2.24) is 0 Å². The van der Waals surface area contributed by atoms with Crippen LogP contribution >= 0.6 is 11.6 Å². The summed E-state index contributed by atoms with van der Waals surface area (Å²) in [6, 6.07) is 11.6. The van der Waals surface area contributed by atoms with E-state index < -0.39 is 11.9 Å². The molecule has 0 bridgehead atoms. The Bertz CT molecular complexity index is 559. The summed E-state index contributed by atoms with van der Waals surface area (Å²) in [5.74, 6) is 0.255. The third kappa shape index (κ3) is 2.63. The molecule has 0 amide bonds. The van der Waals surface area contributed by atoms with Gasteiger partial charge in [-0.3, -0.25) is 0 Å². The second kappa shape index (κ2) is 5.38. The molecule has 0 heterocycles. The van der Waals surface area contributed by atoms with E-state index >= 15 is 0 Å². The summed E-state index contributed by atoms with van der Waals surface area (Å²) in [4.78, 5) is 0. The third-order valence-corrected chi connectivity index (χ3v) is 3.06. The van der Waals surface area contributed by atoms with Gasteiger partial charge in [-0.25, -0.2) is 4.39 Å². The first-order chi connectivity index (χ1) is 8.61. The van der Waals surface area contributed by atoms with Gasteiger partial charge < -0.3 is 10.5 Å². The second-order valence-corrected chi connectivity index (χ2v) is 4.34. The lowest BCUT2D eigenvalue weighted by molar-refractivity contribution is 0.414. The van der Waals surface area contributed by atoms with E-state index in [0.717, 1.165) is 11.3 Å². The summed E-state index contributed by atoms with van der Waals surface area (Å²) < 4.78 is 18.5.